The summed E-state index contributed by atoms with van der Waals surface area (Å²) in [5, 5.41) is 9.06. The first kappa shape index (κ1) is 15.8. The molecule has 1 aliphatic carbocycles. The summed E-state index contributed by atoms with van der Waals surface area (Å²) in [4.78, 5) is 11.4. The number of nitrogens with two attached hydrogens (primary N) is 1. The van der Waals surface area contributed by atoms with Gasteiger partial charge in [0.1, 0.15) is 5.25 Å². The van der Waals surface area contributed by atoms with Crippen molar-refractivity contribution in [3.63, 3.8) is 0 Å². The third-order valence-electron chi connectivity index (χ3n) is 3.85. The molecular weight excluding hydrogens is 292 g/mol. The van der Waals surface area contributed by atoms with E-state index >= 15 is 0 Å². The number of aryl methyl sites for hydroxylation is 1. The van der Waals surface area contributed by atoms with Crippen LogP contribution < -0.4 is 10.5 Å². The van der Waals surface area contributed by atoms with Gasteiger partial charge >= 0.3 is 0 Å². The minimum atomic E-state index is -3.77. The molecule has 2 unspecified atom stereocenters. The molecule has 0 aliphatic heterocycles. The zero-order valence-corrected chi connectivity index (χ0v) is 12.7. The highest BCUT2D eigenvalue weighted by Crippen LogP contribution is 2.28. The Kier molecular flexibility index (Phi) is 4.53. The first-order valence-corrected chi connectivity index (χ1v) is 8.46. The Morgan fingerprint density at radius 1 is 1.33 bits per heavy atom. The molecule has 2 atom stereocenters. The molecule has 7 heteroatoms. The van der Waals surface area contributed by atoms with E-state index in [1.807, 2.05) is 0 Å². The van der Waals surface area contributed by atoms with Crippen LogP contribution in [0, 0.1) is 6.92 Å². The van der Waals surface area contributed by atoms with E-state index in [9.17, 15) is 18.3 Å². The van der Waals surface area contributed by atoms with Gasteiger partial charge in [0.25, 0.3) is 5.91 Å². The fourth-order valence-electron chi connectivity index (χ4n) is 2.67. The van der Waals surface area contributed by atoms with Crippen LogP contribution in [0.15, 0.2) is 18.2 Å². The average molecular weight is 312 g/mol. The van der Waals surface area contributed by atoms with Crippen molar-refractivity contribution >= 4 is 21.6 Å². The van der Waals surface area contributed by atoms with Crippen LogP contribution in [0.25, 0.3) is 0 Å². The maximum Gasteiger partial charge on any atom is 0.250 e. The van der Waals surface area contributed by atoms with Gasteiger partial charge in [-0.2, -0.15) is 0 Å². The number of hydrogen-bond donors (Lipinski definition) is 3. The van der Waals surface area contributed by atoms with Gasteiger partial charge in [-0.05, 0) is 31.4 Å². The van der Waals surface area contributed by atoms with E-state index in [1.54, 1.807) is 19.1 Å². The summed E-state index contributed by atoms with van der Waals surface area (Å²) in [6, 6.07) is 4.81. The highest BCUT2D eigenvalue weighted by Gasteiger charge is 2.35. The van der Waals surface area contributed by atoms with E-state index in [4.69, 9.17) is 5.73 Å². The molecule has 0 saturated heterocycles. The normalized spacial score (nSPS) is 22.8. The molecule has 116 valence electrons. The van der Waals surface area contributed by atoms with Crippen LogP contribution >= 0.6 is 0 Å². The highest BCUT2D eigenvalue weighted by molar-refractivity contribution is 7.93. The fraction of sp³-hybridized carbons (Fsp3) is 0.500. The van der Waals surface area contributed by atoms with E-state index in [1.165, 1.54) is 6.07 Å². The van der Waals surface area contributed by atoms with Crippen molar-refractivity contribution in [3.05, 3.63) is 29.3 Å². The molecule has 0 aromatic heterocycles. The predicted octanol–water partition coefficient (Wildman–Crippen LogP) is 1.14. The van der Waals surface area contributed by atoms with Gasteiger partial charge in [0.05, 0.1) is 17.4 Å². The van der Waals surface area contributed by atoms with Crippen LogP contribution in [-0.4, -0.2) is 30.8 Å². The van der Waals surface area contributed by atoms with Crippen molar-refractivity contribution in [1.29, 1.82) is 0 Å². The lowest BCUT2D eigenvalue weighted by Crippen LogP contribution is -2.40. The summed E-state index contributed by atoms with van der Waals surface area (Å²) < 4.78 is 27.4. The molecule has 4 N–H and O–H groups in total. The molecule has 1 fully saturated rings. The zero-order chi connectivity index (χ0) is 15.6. The number of aliphatic hydroxyl groups is 1. The molecule has 1 aromatic carbocycles. The van der Waals surface area contributed by atoms with Crippen molar-refractivity contribution in [3.8, 4) is 0 Å². The Hall–Kier alpha value is -1.60. The Bertz CT molecular complexity index is 642. The van der Waals surface area contributed by atoms with Crippen LogP contribution in [0.1, 0.15) is 41.6 Å². The van der Waals surface area contributed by atoms with Gasteiger partial charge in [0.15, 0.2) is 0 Å². The largest absolute Gasteiger partial charge is 0.392 e. The van der Waals surface area contributed by atoms with Crippen molar-refractivity contribution < 1.29 is 18.3 Å². The summed E-state index contributed by atoms with van der Waals surface area (Å²) in [5.41, 5.74) is 6.22. The summed E-state index contributed by atoms with van der Waals surface area (Å²) >= 11 is 0. The Morgan fingerprint density at radius 2 is 2.00 bits per heavy atom. The standard InChI is InChI=1S/C14H20N2O4S/c1-9-5-4-6-10(14(15)18)13(9)16-21(19,20)12-8-3-2-7-11(12)17/h4-6,11-12,16-17H,2-3,7-8H2,1H3,(H2,15,18). The number of amides is 1. The molecule has 2 rings (SSSR count). The number of rotatable bonds is 4. The quantitative estimate of drug-likeness (QED) is 0.774. The van der Waals surface area contributed by atoms with E-state index in [2.05, 4.69) is 4.72 Å². The summed E-state index contributed by atoms with van der Waals surface area (Å²) in [6.45, 7) is 1.70. The molecule has 0 bridgehead atoms. The van der Waals surface area contributed by atoms with Crippen LogP contribution in [0.2, 0.25) is 0 Å². The monoisotopic (exact) mass is 312 g/mol. The molecule has 1 amide bonds. The molecule has 0 spiro atoms. The molecule has 1 aliphatic rings. The molecular formula is C14H20N2O4S. The SMILES string of the molecule is Cc1cccc(C(N)=O)c1NS(=O)(=O)C1CCCCC1O. The van der Waals surface area contributed by atoms with E-state index < -0.39 is 27.3 Å². The van der Waals surface area contributed by atoms with Crippen LogP contribution in [0.4, 0.5) is 5.69 Å². The summed E-state index contributed by atoms with van der Waals surface area (Å²) in [7, 11) is -3.77. The molecule has 6 nitrogen and oxygen atoms in total. The topological polar surface area (TPSA) is 109 Å². The maximum absolute atomic E-state index is 12.5. The van der Waals surface area contributed by atoms with Gasteiger partial charge in [-0.25, -0.2) is 8.42 Å². The van der Waals surface area contributed by atoms with Gasteiger partial charge < -0.3 is 10.8 Å². The Labute approximate surface area is 124 Å². The lowest BCUT2D eigenvalue weighted by Gasteiger charge is -2.28. The van der Waals surface area contributed by atoms with Crippen LogP contribution in [0.5, 0.6) is 0 Å². The zero-order valence-electron chi connectivity index (χ0n) is 11.9. The Balaban J connectivity index is 2.35. The number of benzene rings is 1. The van der Waals surface area contributed by atoms with Crippen LogP contribution in [0.3, 0.4) is 0 Å². The Morgan fingerprint density at radius 3 is 2.62 bits per heavy atom. The van der Waals surface area contributed by atoms with Crippen molar-refractivity contribution in [1.82, 2.24) is 0 Å². The number of carbonyl (C=O) groups is 1. The number of anilines is 1. The third-order valence-corrected chi connectivity index (χ3v) is 5.68. The molecule has 1 saturated carbocycles. The second kappa shape index (κ2) is 6.03. The third kappa shape index (κ3) is 3.36. The van der Waals surface area contributed by atoms with Crippen molar-refractivity contribution in [2.45, 2.75) is 44.0 Å². The average Bonchev–Trinajstić information content (AvgIpc) is 2.41. The highest BCUT2D eigenvalue weighted by atomic mass is 32.2. The first-order valence-electron chi connectivity index (χ1n) is 6.92. The second-order valence-electron chi connectivity index (χ2n) is 5.40. The second-order valence-corrected chi connectivity index (χ2v) is 7.30. The van der Waals surface area contributed by atoms with Crippen molar-refractivity contribution in [2.75, 3.05) is 4.72 Å². The fourth-order valence-corrected chi connectivity index (χ4v) is 4.40. The lowest BCUT2D eigenvalue weighted by atomic mass is 9.97. The number of carbonyl (C=O) groups excluding carboxylic acids is 1. The number of sulfonamides is 1. The predicted molar refractivity (Wildman–Crippen MR) is 80.5 cm³/mol. The van der Waals surface area contributed by atoms with Gasteiger partial charge in [0, 0.05) is 0 Å². The van der Waals surface area contributed by atoms with Crippen molar-refractivity contribution in [2.24, 2.45) is 5.73 Å². The number of hydrogen-bond acceptors (Lipinski definition) is 4. The summed E-state index contributed by atoms with van der Waals surface area (Å²) in [6.07, 6.45) is 1.59. The minimum Gasteiger partial charge on any atom is -0.392 e. The van der Waals surface area contributed by atoms with Gasteiger partial charge in [0.2, 0.25) is 10.0 Å². The molecule has 21 heavy (non-hydrogen) atoms. The molecule has 0 heterocycles. The van der Waals surface area contributed by atoms with Gasteiger partial charge in [-0.3, -0.25) is 9.52 Å². The van der Waals surface area contributed by atoms with Gasteiger partial charge in [-0.1, -0.05) is 25.0 Å². The smallest absolute Gasteiger partial charge is 0.250 e. The van der Waals surface area contributed by atoms with E-state index in [0.717, 1.165) is 12.8 Å². The van der Waals surface area contributed by atoms with E-state index in [0.29, 0.717) is 18.4 Å². The number of primary amides is 1. The lowest BCUT2D eigenvalue weighted by molar-refractivity contribution is 0.100. The van der Waals surface area contributed by atoms with Gasteiger partial charge in [-0.15, -0.1) is 0 Å². The molecule has 1 aromatic rings. The molecule has 0 radical (unpaired) electrons. The number of aliphatic hydroxyl groups excluding tert-OH is 1. The minimum absolute atomic E-state index is 0.129. The first-order chi connectivity index (χ1) is 9.83. The summed E-state index contributed by atoms with van der Waals surface area (Å²) in [5.74, 6) is -0.694. The number of para-hydroxylation sites is 1. The maximum atomic E-state index is 12.5. The van der Waals surface area contributed by atoms with Crippen LogP contribution in [-0.2, 0) is 10.0 Å². The van der Waals surface area contributed by atoms with E-state index in [-0.39, 0.29) is 11.3 Å². The number of nitrogens with one attached hydrogen (secondary N) is 1.